The van der Waals surface area contributed by atoms with Crippen molar-refractivity contribution in [2.24, 2.45) is 5.92 Å². The van der Waals surface area contributed by atoms with Gasteiger partial charge in [0, 0.05) is 30.1 Å². The zero-order valence-electron chi connectivity index (χ0n) is 13.5. The number of carbonyl (C=O) groups is 3. The fourth-order valence-corrected chi connectivity index (χ4v) is 3.88. The van der Waals surface area contributed by atoms with E-state index in [1.165, 1.54) is 4.90 Å². The molecule has 2 aliphatic rings. The fourth-order valence-electron chi connectivity index (χ4n) is 3.42. The Balaban J connectivity index is 1.74. The summed E-state index contributed by atoms with van der Waals surface area (Å²) < 4.78 is 0. The molecule has 0 aromatic heterocycles. The van der Waals surface area contributed by atoms with Crippen LogP contribution in [0, 0.1) is 5.92 Å². The SMILES string of the molecule is CSc1cccc(N2CC(C(=O)N3CCC[C@@H]3C(=O)O)CC2=O)c1. The van der Waals surface area contributed by atoms with Gasteiger partial charge in [-0.05, 0) is 37.3 Å². The van der Waals surface area contributed by atoms with Gasteiger partial charge in [0.05, 0.1) is 5.92 Å². The number of hydrogen-bond donors (Lipinski definition) is 1. The van der Waals surface area contributed by atoms with Crippen molar-refractivity contribution >= 4 is 35.2 Å². The maximum Gasteiger partial charge on any atom is 0.326 e. The molecule has 7 heteroatoms. The highest BCUT2D eigenvalue weighted by Gasteiger charge is 2.42. The van der Waals surface area contributed by atoms with E-state index in [1.54, 1.807) is 16.7 Å². The number of thioether (sulfide) groups is 1. The van der Waals surface area contributed by atoms with Crippen LogP contribution in [0.1, 0.15) is 19.3 Å². The van der Waals surface area contributed by atoms with Crippen molar-refractivity contribution in [1.29, 1.82) is 0 Å². The largest absolute Gasteiger partial charge is 0.480 e. The average molecular weight is 348 g/mol. The second kappa shape index (κ2) is 6.84. The smallest absolute Gasteiger partial charge is 0.326 e. The Bertz CT molecular complexity index is 678. The molecule has 128 valence electrons. The molecule has 24 heavy (non-hydrogen) atoms. The Morgan fingerprint density at radius 2 is 2.12 bits per heavy atom. The van der Waals surface area contributed by atoms with Gasteiger partial charge in [-0.15, -0.1) is 11.8 Å². The summed E-state index contributed by atoms with van der Waals surface area (Å²) in [5.74, 6) is -1.72. The first-order chi connectivity index (χ1) is 11.5. The highest BCUT2D eigenvalue weighted by molar-refractivity contribution is 7.98. The highest BCUT2D eigenvalue weighted by atomic mass is 32.2. The molecule has 1 aromatic carbocycles. The number of rotatable bonds is 4. The van der Waals surface area contributed by atoms with E-state index in [1.807, 2.05) is 30.5 Å². The van der Waals surface area contributed by atoms with Crippen LogP contribution in [0.4, 0.5) is 5.69 Å². The van der Waals surface area contributed by atoms with Gasteiger partial charge in [-0.3, -0.25) is 9.59 Å². The van der Waals surface area contributed by atoms with Crippen molar-refractivity contribution in [2.75, 3.05) is 24.2 Å². The van der Waals surface area contributed by atoms with Crippen LogP contribution < -0.4 is 4.90 Å². The molecule has 0 radical (unpaired) electrons. The first-order valence-corrected chi connectivity index (χ1v) is 9.21. The molecule has 0 bridgehead atoms. The number of hydrogen-bond acceptors (Lipinski definition) is 4. The summed E-state index contributed by atoms with van der Waals surface area (Å²) in [5.41, 5.74) is 0.790. The van der Waals surface area contributed by atoms with Crippen LogP contribution in [-0.2, 0) is 14.4 Å². The fraction of sp³-hybridized carbons (Fsp3) is 0.471. The second-order valence-corrected chi connectivity index (χ2v) is 7.01. The lowest BCUT2D eigenvalue weighted by atomic mass is 10.1. The molecule has 6 nitrogen and oxygen atoms in total. The van der Waals surface area contributed by atoms with Gasteiger partial charge >= 0.3 is 5.97 Å². The van der Waals surface area contributed by atoms with E-state index < -0.39 is 17.9 Å². The maximum absolute atomic E-state index is 12.7. The van der Waals surface area contributed by atoms with Gasteiger partial charge in [0.1, 0.15) is 6.04 Å². The minimum absolute atomic E-state index is 0.0855. The number of nitrogens with zero attached hydrogens (tertiary/aromatic N) is 2. The number of anilines is 1. The van der Waals surface area contributed by atoms with Crippen molar-refractivity contribution in [1.82, 2.24) is 4.90 Å². The van der Waals surface area contributed by atoms with Crippen LogP contribution in [0.3, 0.4) is 0 Å². The average Bonchev–Trinajstić information content (AvgIpc) is 3.21. The van der Waals surface area contributed by atoms with Crippen LogP contribution in [0.5, 0.6) is 0 Å². The van der Waals surface area contributed by atoms with Gasteiger partial charge in [0.2, 0.25) is 11.8 Å². The van der Waals surface area contributed by atoms with Gasteiger partial charge in [-0.1, -0.05) is 6.07 Å². The van der Waals surface area contributed by atoms with Crippen LogP contribution in [-0.4, -0.2) is 53.2 Å². The summed E-state index contributed by atoms with van der Waals surface area (Å²) in [6, 6.07) is 6.91. The molecule has 2 saturated heterocycles. The molecule has 3 rings (SSSR count). The van der Waals surface area contributed by atoms with Gasteiger partial charge in [-0.2, -0.15) is 0 Å². The van der Waals surface area contributed by atoms with Crippen molar-refractivity contribution in [2.45, 2.75) is 30.2 Å². The molecule has 2 aliphatic heterocycles. The van der Waals surface area contributed by atoms with Crippen molar-refractivity contribution in [3.8, 4) is 0 Å². The zero-order valence-corrected chi connectivity index (χ0v) is 14.3. The molecule has 2 amide bonds. The molecular formula is C17H20N2O4S. The van der Waals surface area contributed by atoms with E-state index in [0.29, 0.717) is 25.9 Å². The number of likely N-dealkylation sites (tertiary alicyclic amines) is 1. The topological polar surface area (TPSA) is 77.9 Å². The number of amides is 2. The van der Waals surface area contributed by atoms with E-state index >= 15 is 0 Å². The molecule has 0 saturated carbocycles. The first kappa shape index (κ1) is 16.8. The lowest BCUT2D eigenvalue weighted by Crippen LogP contribution is -2.44. The number of aliphatic carboxylic acids is 1. The minimum atomic E-state index is -0.963. The van der Waals surface area contributed by atoms with Gasteiger partial charge in [0.25, 0.3) is 0 Å². The monoisotopic (exact) mass is 348 g/mol. The predicted octanol–water partition coefficient (Wildman–Crippen LogP) is 1.84. The zero-order chi connectivity index (χ0) is 17.3. The lowest BCUT2D eigenvalue weighted by molar-refractivity contribution is -0.149. The molecule has 2 heterocycles. The van der Waals surface area contributed by atoms with E-state index in [0.717, 1.165) is 10.6 Å². The summed E-state index contributed by atoms with van der Waals surface area (Å²) in [6.07, 6.45) is 3.30. The van der Waals surface area contributed by atoms with E-state index in [9.17, 15) is 19.5 Å². The van der Waals surface area contributed by atoms with Gasteiger partial charge < -0.3 is 14.9 Å². The van der Waals surface area contributed by atoms with Crippen molar-refractivity contribution in [3.63, 3.8) is 0 Å². The Labute approximate surface area is 144 Å². The quantitative estimate of drug-likeness (QED) is 0.840. The Morgan fingerprint density at radius 3 is 2.83 bits per heavy atom. The summed E-state index contributed by atoms with van der Waals surface area (Å²) in [4.78, 5) is 40.4. The summed E-state index contributed by atoms with van der Waals surface area (Å²) in [6.45, 7) is 0.779. The van der Waals surface area contributed by atoms with Crippen LogP contribution in [0.25, 0.3) is 0 Å². The molecule has 1 aromatic rings. The normalized spacial score (nSPS) is 23.8. The minimum Gasteiger partial charge on any atom is -0.480 e. The highest BCUT2D eigenvalue weighted by Crippen LogP contribution is 2.30. The van der Waals surface area contributed by atoms with Gasteiger partial charge in [0.15, 0.2) is 0 Å². The molecule has 2 fully saturated rings. The number of carbonyl (C=O) groups excluding carboxylic acids is 2. The lowest BCUT2D eigenvalue weighted by Gasteiger charge is -2.24. The van der Waals surface area contributed by atoms with E-state index in [4.69, 9.17) is 0 Å². The van der Waals surface area contributed by atoms with Gasteiger partial charge in [-0.25, -0.2) is 4.79 Å². The van der Waals surface area contributed by atoms with Crippen molar-refractivity contribution < 1.29 is 19.5 Å². The molecule has 2 atom stereocenters. The Kier molecular flexibility index (Phi) is 4.80. The number of carboxylic acids is 1. The maximum atomic E-state index is 12.7. The van der Waals surface area contributed by atoms with Crippen LogP contribution in [0.2, 0.25) is 0 Å². The molecule has 1 N–H and O–H groups in total. The Hall–Kier alpha value is -2.02. The third-order valence-electron chi connectivity index (χ3n) is 4.66. The number of benzene rings is 1. The van der Waals surface area contributed by atoms with Crippen molar-refractivity contribution in [3.05, 3.63) is 24.3 Å². The summed E-state index contributed by atoms with van der Waals surface area (Å²) >= 11 is 1.60. The molecular weight excluding hydrogens is 328 g/mol. The van der Waals surface area contributed by atoms with E-state index in [2.05, 4.69) is 0 Å². The summed E-state index contributed by atoms with van der Waals surface area (Å²) in [7, 11) is 0. The summed E-state index contributed by atoms with van der Waals surface area (Å²) in [5, 5.41) is 9.24. The van der Waals surface area contributed by atoms with E-state index in [-0.39, 0.29) is 18.2 Å². The molecule has 1 unspecified atom stereocenters. The van der Waals surface area contributed by atoms with Crippen LogP contribution >= 0.6 is 11.8 Å². The predicted molar refractivity (Wildman–Crippen MR) is 91.1 cm³/mol. The molecule has 0 aliphatic carbocycles. The third kappa shape index (κ3) is 3.13. The standard InChI is InChI=1S/C17H20N2O4S/c1-24-13-5-2-4-12(9-13)19-10-11(8-15(19)20)16(21)18-7-3-6-14(18)17(22)23/h2,4-5,9,11,14H,3,6-8,10H2,1H3,(H,22,23)/t11?,14-/m1/s1. The molecule has 0 spiro atoms. The Morgan fingerprint density at radius 1 is 1.33 bits per heavy atom. The number of carboxylic acid groups (broad SMARTS) is 1. The third-order valence-corrected chi connectivity index (χ3v) is 5.39. The second-order valence-electron chi connectivity index (χ2n) is 6.13. The first-order valence-electron chi connectivity index (χ1n) is 7.99. The van der Waals surface area contributed by atoms with Crippen LogP contribution in [0.15, 0.2) is 29.2 Å².